The van der Waals surface area contributed by atoms with Crippen molar-refractivity contribution in [1.29, 1.82) is 0 Å². The summed E-state index contributed by atoms with van der Waals surface area (Å²) in [5.41, 5.74) is -0.360. The highest BCUT2D eigenvalue weighted by Crippen LogP contribution is 2.13. The Morgan fingerprint density at radius 1 is 0.679 bits per heavy atom. The number of carboxylic acid groups (broad SMARTS) is 2. The van der Waals surface area contributed by atoms with Crippen LogP contribution in [0.1, 0.15) is 41.4 Å². The Balaban J connectivity index is 1.95. The molecule has 0 amide bonds. The molecule has 2 rings (SSSR count). The van der Waals surface area contributed by atoms with Gasteiger partial charge in [0.25, 0.3) is 0 Å². The van der Waals surface area contributed by atoms with Gasteiger partial charge in [-0.1, -0.05) is 0 Å². The molecule has 0 saturated heterocycles. The Hall–Kier alpha value is -3.76. The van der Waals surface area contributed by atoms with Gasteiger partial charge in [-0.05, 0) is 48.5 Å². The highest BCUT2D eigenvalue weighted by atomic mass is 16.8. The first kappa shape index (κ1) is 20.6. The molecule has 0 aliphatic rings. The fourth-order valence-electron chi connectivity index (χ4n) is 1.98. The minimum absolute atomic E-state index is 0.0574. The summed E-state index contributed by atoms with van der Waals surface area (Å²) in [6.07, 6.45) is 0. The van der Waals surface area contributed by atoms with E-state index in [1.54, 1.807) is 0 Å². The number of aliphatic hydroxyl groups is 2. The Labute approximate surface area is 157 Å². The second-order valence-corrected chi connectivity index (χ2v) is 5.47. The fraction of sp³-hybridized carbons (Fsp3) is 0.111. The van der Waals surface area contributed by atoms with Crippen LogP contribution < -0.4 is 0 Å². The monoisotopic (exact) mass is 390 g/mol. The lowest BCUT2D eigenvalue weighted by molar-refractivity contribution is -0.321. The maximum atomic E-state index is 11.9. The molecule has 0 radical (unpaired) electrons. The number of hydrogen-bond acceptors (Lipinski definition) is 8. The molecule has 0 aromatic heterocycles. The molecule has 0 saturated carbocycles. The van der Waals surface area contributed by atoms with Gasteiger partial charge in [-0.3, -0.25) is 0 Å². The SMILES string of the molecule is O=C(O)c1ccc(C(=O)OCC(O)(O)OC(=O)c2ccc(C(=O)O)cc2)cc1. The van der Waals surface area contributed by atoms with Crippen LogP contribution in [-0.2, 0) is 9.47 Å². The van der Waals surface area contributed by atoms with Crippen molar-refractivity contribution in [2.45, 2.75) is 5.97 Å². The van der Waals surface area contributed by atoms with Gasteiger partial charge in [0.2, 0.25) is 0 Å². The van der Waals surface area contributed by atoms with E-state index < -0.39 is 36.5 Å². The van der Waals surface area contributed by atoms with Crippen molar-refractivity contribution >= 4 is 23.9 Å². The molecule has 0 bridgehead atoms. The van der Waals surface area contributed by atoms with E-state index in [2.05, 4.69) is 9.47 Å². The molecule has 4 N–H and O–H groups in total. The summed E-state index contributed by atoms with van der Waals surface area (Å²) >= 11 is 0. The van der Waals surface area contributed by atoms with Crippen LogP contribution in [-0.4, -0.2) is 56.9 Å². The average molecular weight is 390 g/mol. The predicted octanol–water partition coefficient (Wildman–Crippen LogP) is 0.735. The van der Waals surface area contributed by atoms with Gasteiger partial charge in [0, 0.05) is 0 Å². The van der Waals surface area contributed by atoms with E-state index in [1.165, 1.54) is 0 Å². The number of esters is 2. The normalized spacial score (nSPS) is 10.8. The third kappa shape index (κ3) is 5.37. The summed E-state index contributed by atoms with van der Waals surface area (Å²) in [6, 6.07) is 9.11. The molecule has 28 heavy (non-hydrogen) atoms. The summed E-state index contributed by atoms with van der Waals surface area (Å²) in [6.45, 7) is -1.12. The van der Waals surface area contributed by atoms with E-state index >= 15 is 0 Å². The third-order valence-corrected chi connectivity index (χ3v) is 3.38. The number of carboxylic acids is 2. The molecule has 10 heteroatoms. The quantitative estimate of drug-likeness (QED) is 0.391. The predicted molar refractivity (Wildman–Crippen MR) is 89.7 cm³/mol. The van der Waals surface area contributed by atoms with Gasteiger partial charge in [0.1, 0.15) is 0 Å². The van der Waals surface area contributed by atoms with Gasteiger partial charge in [-0.25, -0.2) is 19.2 Å². The Bertz CT molecular complexity index is 897. The van der Waals surface area contributed by atoms with Crippen molar-refractivity contribution in [2.75, 3.05) is 6.61 Å². The molecule has 2 aromatic carbocycles. The van der Waals surface area contributed by atoms with Gasteiger partial charge in [-0.2, -0.15) is 0 Å². The molecular formula is C18H14O10. The van der Waals surface area contributed by atoms with E-state index in [-0.39, 0.29) is 22.3 Å². The van der Waals surface area contributed by atoms with Crippen LogP contribution >= 0.6 is 0 Å². The van der Waals surface area contributed by atoms with Crippen LogP contribution in [0.15, 0.2) is 48.5 Å². The maximum absolute atomic E-state index is 11.9. The zero-order valence-corrected chi connectivity index (χ0v) is 14.1. The van der Waals surface area contributed by atoms with Crippen molar-refractivity contribution in [1.82, 2.24) is 0 Å². The summed E-state index contributed by atoms with van der Waals surface area (Å²) in [4.78, 5) is 45.2. The van der Waals surface area contributed by atoms with Crippen molar-refractivity contribution in [2.24, 2.45) is 0 Å². The van der Waals surface area contributed by atoms with Gasteiger partial charge >= 0.3 is 29.9 Å². The van der Waals surface area contributed by atoms with Gasteiger partial charge in [0.05, 0.1) is 22.3 Å². The number of hydrogen-bond donors (Lipinski definition) is 4. The maximum Gasteiger partial charge on any atom is 0.360 e. The number of carbonyl (C=O) groups is 4. The van der Waals surface area contributed by atoms with Crippen LogP contribution in [0, 0.1) is 0 Å². The Morgan fingerprint density at radius 3 is 1.43 bits per heavy atom. The molecule has 0 aliphatic carbocycles. The van der Waals surface area contributed by atoms with E-state index in [0.717, 1.165) is 48.5 Å². The lowest BCUT2D eigenvalue weighted by atomic mass is 10.1. The van der Waals surface area contributed by atoms with Gasteiger partial charge in [0.15, 0.2) is 6.61 Å². The smallest absolute Gasteiger partial charge is 0.360 e. The first-order valence-electron chi connectivity index (χ1n) is 7.61. The van der Waals surface area contributed by atoms with Crippen molar-refractivity contribution in [3.63, 3.8) is 0 Å². The third-order valence-electron chi connectivity index (χ3n) is 3.38. The summed E-state index contributed by atoms with van der Waals surface area (Å²) in [7, 11) is 0. The largest absolute Gasteiger partial charge is 0.478 e. The molecule has 0 atom stereocenters. The fourth-order valence-corrected chi connectivity index (χ4v) is 1.98. The number of carbonyl (C=O) groups excluding carboxylic acids is 2. The molecule has 0 aliphatic heterocycles. The Morgan fingerprint density at radius 2 is 1.04 bits per heavy atom. The van der Waals surface area contributed by atoms with Gasteiger partial charge in [-0.15, -0.1) is 0 Å². The van der Waals surface area contributed by atoms with Crippen molar-refractivity contribution in [3.8, 4) is 0 Å². The van der Waals surface area contributed by atoms with E-state index in [4.69, 9.17) is 10.2 Å². The van der Waals surface area contributed by atoms with E-state index in [9.17, 15) is 29.4 Å². The van der Waals surface area contributed by atoms with Gasteiger partial charge < -0.3 is 29.9 Å². The van der Waals surface area contributed by atoms with Crippen molar-refractivity contribution < 1.29 is 49.1 Å². The van der Waals surface area contributed by atoms with Crippen LogP contribution in [0.3, 0.4) is 0 Å². The molecule has 0 unspecified atom stereocenters. The highest BCUT2D eigenvalue weighted by molar-refractivity contribution is 5.93. The average Bonchev–Trinajstić information content (AvgIpc) is 2.66. The lowest BCUT2D eigenvalue weighted by Crippen LogP contribution is -2.40. The molecular weight excluding hydrogens is 376 g/mol. The van der Waals surface area contributed by atoms with Crippen LogP contribution in [0.5, 0.6) is 0 Å². The first-order valence-corrected chi connectivity index (χ1v) is 7.61. The molecule has 0 spiro atoms. The highest BCUT2D eigenvalue weighted by Gasteiger charge is 2.31. The topological polar surface area (TPSA) is 168 Å². The lowest BCUT2D eigenvalue weighted by Gasteiger charge is -2.21. The van der Waals surface area contributed by atoms with Crippen LogP contribution in [0.25, 0.3) is 0 Å². The molecule has 0 fully saturated rings. The number of aromatic carboxylic acids is 2. The molecule has 2 aromatic rings. The molecule has 146 valence electrons. The summed E-state index contributed by atoms with van der Waals surface area (Å²) < 4.78 is 9.07. The van der Waals surface area contributed by atoms with Crippen molar-refractivity contribution in [3.05, 3.63) is 70.8 Å². The standard InChI is InChI=1S/C18H14O10/c19-14(20)10-1-5-12(6-2-10)16(23)27-9-18(25,26)28-17(24)13-7-3-11(4-8-13)15(21)22/h1-8,25-26H,9H2,(H,19,20)(H,21,22). The number of benzene rings is 2. The second kappa shape index (κ2) is 8.29. The minimum atomic E-state index is -3.14. The minimum Gasteiger partial charge on any atom is -0.478 e. The van der Waals surface area contributed by atoms with E-state index in [0.29, 0.717) is 0 Å². The first-order chi connectivity index (χ1) is 13.1. The zero-order chi connectivity index (χ0) is 20.9. The Kier molecular flexibility index (Phi) is 6.08. The van der Waals surface area contributed by atoms with Crippen LogP contribution in [0.2, 0.25) is 0 Å². The molecule has 0 heterocycles. The van der Waals surface area contributed by atoms with Crippen LogP contribution in [0.4, 0.5) is 0 Å². The summed E-state index contributed by atoms with van der Waals surface area (Å²) in [5.74, 6) is -7.73. The summed E-state index contributed by atoms with van der Waals surface area (Å²) in [5, 5.41) is 36.9. The molecule has 10 nitrogen and oxygen atoms in total. The number of rotatable bonds is 7. The zero-order valence-electron chi connectivity index (χ0n) is 14.1. The number of ether oxygens (including phenoxy) is 2. The van der Waals surface area contributed by atoms with E-state index in [1.807, 2.05) is 0 Å². The second-order valence-electron chi connectivity index (χ2n) is 5.47.